The van der Waals surface area contributed by atoms with Crippen LogP contribution in [0, 0.1) is 11.3 Å². The molecule has 190 valence electrons. The number of carbonyl (C=O) groups excluding carboxylic acids is 1. The molecule has 2 aromatic carbocycles. The van der Waals surface area contributed by atoms with Crippen LogP contribution in [0.25, 0.3) is 27.0 Å². The van der Waals surface area contributed by atoms with E-state index in [1.54, 1.807) is 30.3 Å². The fraction of sp³-hybridized carbons (Fsp3) is 0.0417. The lowest BCUT2D eigenvalue weighted by Gasteiger charge is -2.09. The summed E-state index contributed by atoms with van der Waals surface area (Å²) in [5.41, 5.74) is 12.0. The number of aromatic nitrogens is 3. The number of thiophene rings is 1. The van der Waals surface area contributed by atoms with Crippen molar-refractivity contribution in [3.8, 4) is 28.6 Å². The van der Waals surface area contributed by atoms with Crippen LogP contribution < -0.4 is 26.5 Å². The van der Waals surface area contributed by atoms with E-state index in [-0.39, 0.29) is 32.5 Å². The molecule has 3 aromatic heterocycles. The summed E-state index contributed by atoms with van der Waals surface area (Å²) < 4.78 is 47.1. The van der Waals surface area contributed by atoms with Gasteiger partial charge in [-0.05, 0) is 27.6 Å². The van der Waals surface area contributed by atoms with Crippen LogP contribution in [0.5, 0.6) is 5.75 Å². The molecule has 0 saturated heterocycles. The number of halogens is 3. The molecule has 38 heavy (non-hydrogen) atoms. The van der Waals surface area contributed by atoms with Gasteiger partial charge in [0.05, 0.1) is 5.69 Å². The zero-order valence-electron chi connectivity index (χ0n) is 18.9. The third kappa shape index (κ3) is 4.20. The van der Waals surface area contributed by atoms with E-state index in [1.807, 2.05) is 6.07 Å². The molecular weight excluding hydrogens is 525 g/mol. The van der Waals surface area contributed by atoms with Gasteiger partial charge in [-0.15, -0.1) is 24.5 Å². The second-order valence-electron chi connectivity index (χ2n) is 7.79. The first-order chi connectivity index (χ1) is 18.1. The van der Waals surface area contributed by atoms with Crippen molar-refractivity contribution < 1.29 is 31.9 Å². The Balaban J connectivity index is 1.64. The molecule has 14 heteroatoms. The van der Waals surface area contributed by atoms with Gasteiger partial charge in [-0.2, -0.15) is 5.26 Å². The molecule has 0 saturated carbocycles. The molecule has 3 heterocycles. The number of ketones is 1. The highest BCUT2D eigenvalue weighted by molar-refractivity contribution is 7.21. The van der Waals surface area contributed by atoms with Gasteiger partial charge in [0.1, 0.15) is 32.9 Å². The average Bonchev–Trinajstić information content (AvgIpc) is 3.42. The van der Waals surface area contributed by atoms with Gasteiger partial charge in [-0.25, -0.2) is 9.78 Å². The first-order valence-electron chi connectivity index (χ1n) is 10.6. The predicted molar refractivity (Wildman–Crippen MR) is 130 cm³/mol. The van der Waals surface area contributed by atoms with E-state index in [9.17, 15) is 28.0 Å². The van der Waals surface area contributed by atoms with Crippen LogP contribution in [0.1, 0.15) is 20.9 Å². The number of nitrogens with zero attached hydrogens (tertiary/aromatic N) is 3. The molecule has 0 amide bonds. The number of nitriles is 1. The minimum absolute atomic E-state index is 0.0288. The van der Waals surface area contributed by atoms with Crippen LogP contribution in [0.3, 0.4) is 0 Å². The molecule has 5 N–H and O–H groups in total. The van der Waals surface area contributed by atoms with E-state index < -0.39 is 29.2 Å². The molecule has 0 unspecified atom stereocenters. The topological polar surface area (TPSA) is 165 Å². The number of alkyl halides is 3. The highest BCUT2D eigenvalue weighted by Crippen LogP contribution is 2.43. The summed E-state index contributed by atoms with van der Waals surface area (Å²) in [5, 5.41) is 12.3. The van der Waals surface area contributed by atoms with Crippen molar-refractivity contribution in [2.75, 3.05) is 11.5 Å². The monoisotopic (exact) mass is 539 g/mol. The van der Waals surface area contributed by atoms with Gasteiger partial charge in [0.2, 0.25) is 5.69 Å². The number of anilines is 2. The number of ether oxygens (including phenoxy) is 1. The van der Waals surface area contributed by atoms with Crippen molar-refractivity contribution in [3.05, 3.63) is 81.2 Å². The summed E-state index contributed by atoms with van der Waals surface area (Å²) in [6.45, 7) is 0. The largest absolute Gasteiger partial charge is 0.573 e. The lowest BCUT2D eigenvalue weighted by atomic mass is 9.97. The Morgan fingerprint density at radius 2 is 1.82 bits per heavy atom. The van der Waals surface area contributed by atoms with Crippen molar-refractivity contribution in [3.63, 3.8) is 0 Å². The summed E-state index contributed by atoms with van der Waals surface area (Å²) >= 11 is 0.866. The van der Waals surface area contributed by atoms with Crippen molar-refractivity contribution in [2.24, 2.45) is 0 Å². The average molecular weight is 539 g/mol. The predicted octanol–water partition coefficient (Wildman–Crippen LogP) is 3.69. The van der Waals surface area contributed by atoms with Crippen molar-refractivity contribution in [1.29, 1.82) is 5.26 Å². The van der Waals surface area contributed by atoms with Gasteiger partial charge in [-0.1, -0.05) is 30.3 Å². The van der Waals surface area contributed by atoms with Crippen LogP contribution in [-0.2, 0) is 0 Å². The number of nitrogen functional groups attached to an aromatic ring is 2. The highest BCUT2D eigenvalue weighted by atomic mass is 32.1. The fourth-order valence-electron chi connectivity index (χ4n) is 3.90. The van der Waals surface area contributed by atoms with Gasteiger partial charge in [-0.3, -0.25) is 9.32 Å². The Labute approximate surface area is 214 Å². The smallest absolute Gasteiger partial charge is 0.406 e. The summed E-state index contributed by atoms with van der Waals surface area (Å²) in [4.78, 5) is 30.5. The Morgan fingerprint density at radius 1 is 1.13 bits per heavy atom. The van der Waals surface area contributed by atoms with Gasteiger partial charge in [0.15, 0.2) is 0 Å². The maximum Gasteiger partial charge on any atom is 0.573 e. The zero-order valence-corrected chi connectivity index (χ0v) is 19.7. The molecule has 0 bridgehead atoms. The number of nitrogens with one attached hydrogen (secondary N) is 1. The molecule has 0 aliphatic heterocycles. The molecule has 5 rings (SSSR count). The second kappa shape index (κ2) is 9.05. The number of H-pyrrole nitrogens is 1. The van der Waals surface area contributed by atoms with Crippen LogP contribution in [0.15, 0.2) is 63.9 Å². The number of nitrogens with two attached hydrogens (primary N) is 2. The Bertz CT molecular complexity index is 1800. The third-order valence-corrected chi connectivity index (χ3v) is 6.57. The number of fused-ring (bicyclic) bond motifs is 1. The first kappa shape index (κ1) is 24.5. The minimum atomic E-state index is -4.89. The molecule has 0 spiro atoms. The van der Waals surface area contributed by atoms with Crippen molar-refractivity contribution in [1.82, 2.24) is 10.3 Å². The molecule has 0 fully saturated rings. The van der Waals surface area contributed by atoms with E-state index in [0.717, 1.165) is 28.2 Å². The van der Waals surface area contributed by atoms with Crippen molar-refractivity contribution >= 4 is 38.8 Å². The molecule has 0 aliphatic rings. The summed E-state index contributed by atoms with van der Waals surface area (Å²) in [6, 6.07) is 15.2. The van der Waals surface area contributed by atoms with E-state index in [1.165, 1.54) is 12.1 Å². The van der Waals surface area contributed by atoms with E-state index >= 15 is 0 Å². The summed E-state index contributed by atoms with van der Waals surface area (Å²) in [7, 11) is 0. The number of carbonyl (C=O) groups is 1. The van der Waals surface area contributed by atoms with Gasteiger partial charge < -0.3 is 16.2 Å². The molecule has 5 aromatic rings. The Kier molecular flexibility index (Phi) is 5.84. The molecule has 0 radical (unpaired) electrons. The first-order valence-corrected chi connectivity index (χ1v) is 11.4. The van der Waals surface area contributed by atoms with Crippen molar-refractivity contribution in [2.45, 2.75) is 6.36 Å². The van der Waals surface area contributed by atoms with E-state index in [0.29, 0.717) is 16.5 Å². The zero-order chi connectivity index (χ0) is 27.2. The van der Waals surface area contributed by atoms with Crippen LogP contribution in [-0.4, -0.2) is 22.4 Å². The molecule has 0 aliphatic carbocycles. The lowest BCUT2D eigenvalue weighted by molar-refractivity contribution is -0.672. The van der Waals surface area contributed by atoms with Crippen LogP contribution in [0.4, 0.5) is 24.7 Å². The highest BCUT2D eigenvalue weighted by Gasteiger charge is 2.36. The Morgan fingerprint density at radius 3 is 2.45 bits per heavy atom. The number of pyridine rings is 1. The van der Waals surface area contributed by atoms with E-state index in [2.05, 4.69) is 15.0 Å². The normalized spacial score (nSPS) is 11.4. The van der Waals surface area contributed by atoms with Gasteiger partial charge in [0, 0.05) is 23.1 Å². The minimum Gasteiger partial charge on any atom is -0.406 e. The number of aromatic amines is 1. The standard InChI is InChI=1S/C24H13F3N6O4S/c25-24(26,27)36-13-8-6-12(7-9-13)33-18(23(35)37-32-33)19(34)20-17(29)16-15(11-4-2-1-3-5-11)14(10-28)21(30)31-22(16)38-20/h1-9H,(H4-,29,30,31,32,34,35)/p+1. The SMILES string of the molecule is N#Cc1c(N)nc2sc(C(=O)c3c(=O)o[nH][n+]3-c3ccc(OC(F)(F)F)cc3)c(N)c2c1-c1ccccc1. The maximum absolute atomic E-state index is 13.6. The lowest BCUT2D eigenvalue weighted by Crippen LogP contribution is -2.41. The third-order valence-electron chi connectivity index (χ3n) is 5.48. The number of hydrogen-bond donors (Lipinski definition) is 3. The number of rotatable bonds is 5. The second-order valence-corrected chi connectivity index (χ2v) is 8.78. The van der Waals surface area contributed by atoms with Crippen LogP contribution >= 0.6 is 11.3 Å². The van der Waals surface area contributed by atoms with E-state index in [4.69, 9.17) is 16.0 Å². The maximum atomic E-state index is 13.6. The molecule has 10 nitrogen and oxygen atoms in total. The molecular formula is C24H14F3N6O4S+. The summed E-state index contributed by atoms with van der Waals surface area (Å²) in [6.07, 6.45) is -4.89. The van der Waals surface area contributed by atoms with Crippen LogP contribution in [0.2, 0.25) is 0 Å². The Hall–Kier alpha value is -5.16. The van der Waals surface area contributed by atoms with Gasteiger partial charge in [0.25, 0.3) is 5.78 Å². The van der Waals surface area contributed by atoms with Gasteiger partial charge >= 0.3 is 17.7 Å². The number of hydrogen-bond acceptors (Lipinski definition) is 9. The number of benzene rings is 2. The molecule has 0 atom stereocenters. The quantitative estimate of drug-likeness (QED) is 0.225. The fourth-order valence-corrected chi connectivity index (χ4v) is 4.95. The summed E-state index contributed by atoms with van der Waals surface area (Å²) in [5.74, 6) is -1.40.